The highest BCUT2D eigenvalue weighted by Crippen LogP contribution is 2.28. The van der Waals surface area contributed by atoms with Crippen molar-refractivity contribution in [3.8, 4) is 0 Å². The Labute approximate surface area is 113 Å². The van der Waals surface area contributed by atoms with E-state index in [2.05, 4.69) is 10.3 Å². The van der Waals surface area contributed by atoms with Crippen LogP contribution in [-0.2, 0) is 4.79 Å². The van der Waals surface area contributed by atoms with Crippen LogP contribution < -0.4 is 5.32 Å². The van der Waals surface area contributed by atoms with Crippen LogP contribution in [0.4, 0.5) is 0 Å². The lowest BCUT2D eigenvalue weighted by molar-refractivity contribution is -0.119. The summed E-state index contributed by atoms with van der Waals surface area (Å²) in [5, 5.41) is 11.4. The van der Waals surface area contributed by atoms with E-state index in [-0.39, 0.29) is 0 Å². The minimum Gasteiger partial charge on any atom is -0.369 e. The van der Waals surface area contributed by atoms with Crippen LogP contribution in [0.1, 0.15) is 5.56 Å². The molecular weight excluding hydrogens is 286 g/mol. The molecule has 0 aliphatic heterocycles. The van der Waals surface area contributed by atoms with Gasteiger partial charge in [-0.25, -0.2) is 0 Å². The molecule has 1 atom stereocenters. The van der Waals surface area contributed by atoms with Gasteiger partial charge in [0, 0.05) is 18.5 Å². The van der Waals surface area contributed by atoms with Gasteiger partial charge in [-0.1, -0.05) is 34.8 Å². The number of pyridine rings is 1. The van der Waals surface area contributed by atoms with E-state index in [1.807, 2.05) is 0 Å². The minimum atomic E-state index is -1.96. The van der Waals surface area contributed by atoms with Crippen molar-refractivity contribution in [3.05, 3.63) is 36.2 Å². The summed E-state index contributed by atoms with van der Waals surface area (Å²) in [7, 11) is 0. The topological polar surface area (TPSA) is 62.2 Å². The van der Waals surface area contributed by atoms with Crippen LogP contribution >= 0.6 is 34.8 Å². The third-order valence-electron chi connectivity index (χ3n) is 1.72. The quantitative estimate of drug-likeness (QED) is 0.508. The number of rotatable bonds is 3. The van der Waals surface area contributed by atoms with Crippen LogP contribution in [0.2, 0.25) is 0 Å². The number of aromatic nitrogens is 1. The van der Waals surface area contributed by atoms with Gasteiger partial charge in [0.1, 0.15) is 0 Å². The number of nitrogens with zero attached hydrogens (tertiary/aromatic N) is 1. The maximum Gasteiger partial charge on any atom is 0.246 e. The standard InChI is InChI=1S/C10H9Cl3N2O2/c11-10(12,13)9(17)15-8(16)2-1-7-3-5-14-6-4-7/h1-6,9,17H,(H,15,16)/b2-1+. The second kappa shape index (κ2) is 6.21. The molecule has 0 saturated heterocycles. The second-order valence-electron chi connectivity index (χ2n) is 3.07. The highest BCUT2D eigenvalue weighted by Gasteiger charge is 2.31. The fourth-order valence-corrected chi connectivity index (χ4v) is 1.07. The summed E-state index contributed by atoms with van der Waals surface area (Å²) < 4.78 is -1.96. The third-order valence-corrected chi connectivity index (χ3v) is 2.34. The molecule has 0 bridgehead atoms. The van der Waals surface area contributed by atoms with Gasteiger partial charge in [-0.3, -0.25) is 9.78 Å². The fraction of sp³-hybridized carbons (Fsp3) is 0.200. The zero-order valence-corrected chi connectivity index (χ0v) is 10.7. The maximum absolute atomic E-state index is 11.3. The molecule has 0 aliphatic rings. The molecule has 2 N–H and O–H groups in total. The molecule has 92 valence electrons. The van der Waals surface area contributed by atoms with Crippen LogP contribution in [0.3, 0.4) is 0 Å². The summed E-state index contributed by atoms with van der Waals surface area (Å²) >= 11 is 16.1. The average Bonchev–Trinajstić information content (AvgIpc) is 2.26. The number of nitrogens with one attached hydrogen (secondary N) is 1. The molecule has 0 fully saturated rings. The Morgan fingerprint density at radius 1 is 1.41 bits per heavy atom. The van der Waals surface area contributed by atoms with Crippen molar-refractivity contribution < 1.29 is 9.90 Å². The predicted molar refractivity (Wildman–Crippen MR) is 67.7 cm³/mol. The van der Waals surface area contributed by atoms with Gasteiger partial charge < -0.3 is 10.4 Å². The normalized spacial score (nSPS) is 13.6. The van der Waals surface area contributed by atoms with Crippen molar-refractivity contribution in [3.63, 3.8) is 0 Å². The molecule has 0 radical (unpaired) electrons. The Hall–Kier alpha value is -0.810. The molecular formula is C10H9Cl3N2O2. The summed E-state index contributed by atoms with van der Waals surface area (Å²) in [6.07, 6.45) is 4.38. The van der Waals surface area contributed by atoms with E-state index in [1.165, 1.54) is 6.08 Å². The number of alkyl halides is 3. The first-order valence-electron chi connectivity index (χ1n) is 4.53. The largest absolute Gasteiger partial charge is 0.369 e. The number of halogens is 3. The van der Waals surface area contributed by atoms with Crippen molar-refractivity contribution >= 4 is 46.8 Å². The maximum atomic E-state index is 11.3. The Morgan fingerprint density at radius 3 is 2.53 bits per heavy atom. The lowest BCUT2D eigenvalue weighted by Gasteiger charge is -2.18. The van der Waals surface area contributed by atoms with E-state index in [4.69, 9.17) is 34.8 Å². The Morgan fingerprint density at radius 2 is 2.00 bits per heavy atom. The van der Waals surface area contributed by atoms with Crippen molar-refractivity contribution in [2.24, 2.45) is 0 Å². The van der Waals surface area contributed by atoms with Crippen molar-refractivity contribution in [2.45, 2.75) is 10.0 Å². The molecule has 1 amide bonds. The van der Waals surface area contributed by atoms with Crippen molar-refractivity contribution in [1.82, 2.24) is 10.3 Å². The number of aliphatic hydroxyl groups excluding tert-OH is 1. The number of hydrogen-bond donors (Lipinski definition) is 2. The minimum absolute atomic E-state index is 0.569. The van der Waals surface area contributed by atoms with Crippen LogP contribution in [0.25, 0.3) is 6.08 Å². The molecule has 1 aromatic rings. The number of aliphatic hydroxyl groups is 1. The van der Waals surface area contributed by atoms with E-state index in [9.17, 15) is 9.90 Å². The summed E-state index contributed by atoms with van der Waals surface area (Å²) in [6.45, 7) is 0. The molecule has 0 aromatic carbocycles. The van der Waals surface area contributed by atoms with Gasteiger partial charge in [0.25, 0.3) is 0 Å². The number of carbonyl (C=O) groups is 1. The van der Waals surface area contributed by atoms with E-state index in [0.717, 1.165) is 5.56 Å². The SMILES string of the molecule is O=C(/C=C/c1ccncc1)NC(O)C(Cl)(Cl)Cl. The van der Waals surface area contributed by atoms with Gasteiger partial charge in [0.05, 0.1) is 0 Å². The van der Waals surface area contributed by atoms with Gasteiger partial charge in [0.2, 0.25) is 9.70 Å². The lowest BCUT2D eigenvalue weighted by Crippen LogP contribution is -2.42. The molecule has 0 aliphatic carbocycles. The van der Waals surface area contributed by atoms with E-state index >= 15 is 0 Å². The zero-order valence-electron chi connectivity index (χ0n) is 8.48. The molecule has 7 heteroatoms. The lowest BCUT2D eigenvalue weighted by atomic mass is 10.2. The Kier molecular flexibility index (Phi) is 5.21. The number of hydrogen-bond acceptors (Lipinski definition) is 3. The van der Waals surface area contributed by atoms with E-state index in [0.29, 0.717) is 0 Å². The molecule has 1 aromatic heterocycles. The second-order valence-corrected chi connectivity index (χ2v) is 5.44. The smallest absolute Gasteiger partial charge is 0.246 e. The van der Waals surface area contributed by atoms with Gasteiger partial charge in [-0.2, -0.15) is 0 Å². The van der Waals surface area contributed by atoms with E-state index < -0.39 is 15.9 Å². The van der Waals surface area contributed by atoms with E-state index in [1.54, 1.807) is 30.6 Å². The van der Waals surface area contributed by atoms with Crippen molar-refractivity contribution in [2.75, 3.05) is 0 Å². The molecule has 4 nitrogen and oxygen atoms in total. The highest BCUT2D eigenvalue weighted by molar-refractivity contribution is 6.68. The fourth-order valence-electron chi connectivity index (χ4n) is 0.911. The Balaban J connectivity index is 2.54. The summed E-state index contributed by atoms with van der Waals surface area (Å²) in [5.74, 6) is -0.569. The van der Waals surface area contributed by atoms with Crippen LogP contribution in [-0.4, -0.2) is 26.0 Å². The molecule has 1 unspecified atom stereocenters. The number of carbonyl (C=O) groups excluding carboxylic acids is 1. The first-order chi connectivity index (χ1) is 7.89. The van der Waals surface area contributed by atoms with Crippen LogP contribution in [0.5, 0.6) is 0 Å². The first kappa shape index (κ1) is 14.3. The zero-order chi connectivity index (χ0) is 12.9. The Bertz CT molecular complexity index is 404. The van der Waals surface area contributed by atoms with Gasteiger partial charge in [-0.15, -0.1) is 0 Å². The molecule has 17 heavy (non-hydrogen) atoms. The summed E-state index contributed by atoms with van der Waals surface area (Å²) in [5.41, 5.74) is 0.790. The highest BCUT2D eigenvalue weighted by atomic mass is 35.6. The summed E-state index contributed by atoms with van der Waals surface area (Å²) in [6, 6.07) is 3.43. The third kappa shape index (κ3) is 5.37. The van der Waals surface area contributed by atoms with Gasteiger partial charge >= 0.3 is 0 Å². The van der Waals surface area contributed by atoms with Crippen molar-refractivity contribution in [1.29, 1.82) is 0 Å². The molecule has 0 saturated carbocycles. The molecule has 0 spiro atoms. The monoisotopic (exact) mass is 294 g/mol. The molecule has 1 rings (SSSR count). The average molecular weight is 296 g/mol. The van der Waals surface area contributed by atoms with Crippen LogP contribution in [0.15, 0.2) is 30.6 Å². The van der Waals surface area contributed by atoms with Gasteiger partial charge in [0.15, 0.2) is 6.23 Å². The molecule has 1 heterocycles. The first-order valence-corrected chi connectivity index (χ1v) is 5.66. The number of amides is 1. The van der Waals surface area contributed by atoms with Gasteiger partial charge in [-0.05, 0) is 23.8 Å². The predicted octanol–water partition coefficient (Wildman–Crippen LogP) is 1.90. The summed E-state index contributed by atoms with van der Waals surface area (Å²) in [4.78, 5) is 15.2. The van der Waals surface area contributed by atoms with Crippen LogP contribution in [0, 0.1) is 0 Å².